The average molecular weight is 274 g/mol. The van der Waals surface area contributed by atoms with Gasteiger partial charge in [0, 0.05) is 0 Å². The predicted molar refractivity (Wildman–Crippen MR) is 58.3 cm³/mol. The Balaban J connectivity index is 3.08. The molecule has 80 valence electrons. The molecule has 0 heterocycles. The molecule has 0 radical (unpaired) electrons. The van der Waals surface area contributed by atoms with Gasteiger partial charge in [-0.15, -0.1) is 0 Å². The van der Waals surface area contributed by atoms with E-state index in [0.717, 1.165) is 0 Å². The number of ether oxygens (including phenoxy) is 1. The van der Waals surface area contributed by atoms with Gasteiger partial charge < -0.3 is 10.5 Å². The van der Waals surface area contributed by atoms with Crippen LogP contribution in [0.25, 0.3) is 6.08 Å². The molecule has 1 aromatic rings. The summed E-state index contributed by atoms with van der Waals surface area (Å²) in [7, 11) is 1.23. The van der Waals surface area contributed by atoms with Crippen LogP contribution in [0.2, 0.25) is 0 Å². The number of esters is 1. The Hall–Kier alpha value is -1.36. The second-order valence-electron chi connectivity index (χ2n) is 2.73. The first-order valence-electron chi connectivity index (χ1n) is 4.05. The summed E-state index contributed by atoms with van der Waals surface area (Å²) in [6.45, 7) is 0. The molecule has 15 heavy (non-hydrogen) atoms. The normalized spacial score (nSPS) is 11.3. The van der Waals surface area contributed by atoms with E-state index in [9.17, 15) is 9.18 Å². The molecular formula is C10H9BrFNO2. The Labute approximate surface area is 94.8 Å². The summed E-state index contributed by atoms with van der Waals surface area (Å²) in [6.07, 6.45) is 1.35. The number of hydrogen-bond acceptors (Lipinski definition) is 3. The lowest BCUT2D eigenvalue weighted by Gasteiger charge is -2.02. The highest BCUT2D eigenvalue weighted by molar-refractivity contribution is 9.10. The third-order valence-electron chi connectivity index (χ3n) is 1.71. The molecule has 0 atom stereocenters. The number of hydrogen-bond donors (Lipinski definition) is 1. The summed E-state index contributed by atoms with van der Waals surface area (Å²) in [5.74, 6) is -1.06. The average Bonchev–Trinajstić information content (AvgIpc) is 2.23. The lowest BCUT2D eigenvalue weighted by molar-refractivity contribution is -0.136. The Morgan fingerprint density at radius 1 is 1.60 bits per heavy atom. The minimum absolute atomic E-state index is 0.0798. The summed E-state index contributed by atoms with van der Waals surface area (Å²) in [5, 5.41) is 0. The number of benzene rings is 1. The van der Waals surface area contributed by atoms with Gasteiger partial charge in [0.15, 0.2) is 0 Å². The maximum atomic E-state index is 13.1. The summed E-state index contributed by atoms with van der Waals surface area (Å²) < 4.78 is 17.8. The Morgan fingerprint density at radius 2 is 2.27 bits per heavy atom. The van der Waals surface area contributed by atoms with Crippen LogP contribution >= 0.6 is 15.9 Å². The second-order valence-corrected chi connectivity index (χ2v) is 3.53. The first-order valence-corrected chi connectivity index (χ1v) is 4.85. The van der Waals surface area contributed by atoms with Gasteiger partial charge in [0.1, 0.15) is 11.5 Å². The third kappa shape index (κ3) is 2.79. The van der Waals surface area contributed by atoms with Crippen LogP contribution in [-0.2, 0) is 9.53 Å². The van der Waals surface area contributed by atoms with Gasteiger partial charge in [0.05, 0.1) is 11.6 Å². The summed E-state index contributed by atoms with van der Waals surface area (Å²) in [6, 6.07) is 4.45. The van der Waals surface area contributed by atoms with Crippen molar-refractivity contribution in [3.05, 3.63) is 39.7 Å². The lowest BCUT2D eigenvalue weighted by Crippen LogP contribution is -2.12. The Kier molecular flexibility index (Phi) is 3.85. The van der Waals surface area contributed by atoms with Crippen LogP contribution in [0.1, 0.15) is 5.56 Å². The van der Waals surface area contributed by atoms with Gasteiger partial charge in [-0.1, -0.05) is 12.1 Å². The van der Waals surface area contributed by atoms with E-state index in [1.165, 1.54) is 25.3 Å². The van der Waals surface area contributed by atoms with Crippen molar-refractivity contribution >= 4 is 28.0 Å². The highest BCUT2D eigenvalue weighted by atomic mass is 79.9. The zero-order valence-electron chi connectivity index (χ0n) is 7.96. The van der Waals surface area contributed by atoms with Crippen LogP contribution in [0.3, 0.4) is 0 Å². The number of nitrogens with two attached hydrogens (primary N) is 1. The molecular weight excluding hydrogens is 265 g/mol. The van der Waals surface area contributed by atoms with E-state index in [1.54, 1.807) is 6.07 Å². The Morgan fingerprint density at radius 3 is 2.87 bits per heavy atom. The van der Waals surface area contributed by atoms with Crippen molar-refractivity contribution in [1.29, 1.82) is 0 Å². The SMILES string of the molecule is COC(=O)/C(N)=C/c1cccc(F)c1Br. The molecule has 0 fully saturated rings. The van der Waals surface area contributed by atoms with Crippen LogP contribution in [0.4, 0.5) is 4.39 Å². The number of carbonyl (C=O) groups excluding carboxylic acids is 1. The van der Waals surface area contributed by atoms with Crippen LogP contribution in [0.5, 0.6) is 0 Å². The van der Waals surface area contributed by atoms with E-state index >= 15 is 0 Å². The van der Waals surface area contributed by atoms with Crippen LogP contribution in [0, 0.1) is 5.82 Å². The van der Waals surface area contributed by atoms with Gasteiger partial charge in [-0.3, -0.25) is 0 Å². The lowest BCUT2D eigenvalue weighted by atomic mass is 10.2. The van der Waals surface area contributed by atoms with Crippen LogP contribution in [-0.4, -0.2) is 13.1 Å². The standard InChI is InChI=1S/C10H9BrFNO2/c1-15-10(14)8(13)5-6-3-2-4-7(12)9(6)11/h2-5H,13H2,1H3/b8-5-. The van der Waals surface area contributed by atoms with Crippen molar-refractivity contribution in [1.82, 2.24) is 0 Å². The van der Waals surface area contributed by atoms with Crippen molar-refractivity contribution in [3.8, 4) is 0 Å². The van der Waals surface area contributed by atoms with E-state index in [2.05, 4.69) is 20.7 Å². The second kappa shape index (κ2) is 4.93. The van der Waals surface area contributed by atoms with Crippen molar-refractivity contribution in [3.63, 3.8) is 0 Å². The fraction of sp³-hybridized carbons (Fsp3) is 0.100. The smallest absolute Gasteiger partial charge is 0.353 e. The van der Waals surface area contributed by atoms with Crippen molar-refractivity contribution in [2.45, 2.75) is 0 Å². The molecule has 5 heteroatoms. The van der Waals surface area contributed by atoms with Gasteiger partial charge in [-0.05, 0) is 33.6 Å². The van der Waals surface area contributed by atoms with Gasteiger partial charge >= 0.3 is 5.97 Å². The molecule has 3 nitrogen and oxygen atoms in total. The molecule has 1 aromatic carbocycles. The van der Waals surface area contributed by atoms with E-state index in [-0.39, 0.29) is 10.2 Å². The maximum absolute atomic E-state index is 13.1. The van der Waals surface area contributed by atoms with E-state index in [1.807, 2.05) is 0 Å². The number of methoxy groups -OCH3 is 1. The van der Waals surface area contributed by atoms with E-state index in [0.29, 0.717) is 5.56 Å². The third-order valence-corrected chi connectivity index (χ3v) is 2.55. The molecule has 0 saturated heterocycles. The first kappa shape index (κ1) is 11.7. The molecule has 0 aliphatic rings. The fourth-order valence-electron chi connectivity index (χ4n) is 0.976. The van der Waals surface area contributed by atoms with Gasteiger partial charge in [0.25, 0.3) is 0 Å². The molecule has 0 bridgehead atoms. The van der Waals surface area contributed by atoms with Crippen LogP contribution < -0.4 is 5.73 Å². The monoisotopic (exact) mass is 273 g/mol. The van der Waals surface area contributed by atoms with Crippen molar-refractivity contribution in [2.24, 2.45) is 5.73 Å². The molecule has 2 N–H and O–H groups in total. The van der Waals surface area contributed by atoms with Crippen molar-refractivity contribution < 1.29 is 13.9 Å². The van der Waals surface area contributed by atoms with Gasteiger partial charge in [0.2, 0.25) is 0 Å². The molecule has 0 unspecified atom stereocenters. The number of halogens is 2. The topological polar surface area (TPSA) is 52.3 Å². The zero-order valence-corrected chi connectivity index (χ0v) is 9.55. The minimum Gasteiger partial charge on any atom is -0.464 e. The molecule has 0 spiro atoms. The summed E-state index contributed by atoms with van der Waals surface area (Å²) in [4.78, 5) is 11.0. The van der Waals surface area contributed by atoms with Gasteiger partial charge in [-0.25, -0.2) is 9.18 Å². The minimum atomic E-state index is -0.647. The predicted octanol–water partition coefficient (Wildman–Crippen LogP) is 2.06. The molecule has 0 saturated carbocycles. The summed E-state index contributed by atoms with van der Waals surface area (Å²) in [5.41, 5.74) is 5.83. The molecule has 0 aliphatic carbocycles. The summed E-state index contributed by atoms with van der Waals surface area (Å²) >= 11 is 3.05. The highest BCUT2D eigenvalue weighted by Gasteiger charge is 2.07. The highest BCUT2D eigenvalue weighted by Crippen LogP contribution is 2.22. The molecule has 0 aromatic heterocycles. The quantitative estimate of drug-likeness (QED) is 0.663. The largest absolute Gasteiger partial charge is 0.464 e. The van der Waals surface area contributed by atoms with Crippen molar-refractivity contribution in [2.75, 3.05) is 7.11 Å². The number of rotatable bonds is 2. The Bertz CT molecular complexity index is 418. The molecule has 0 aliphatic heterocycles. The zero-order chi connectivity index (χ0) is 11.4. The van der Waals surface area contributed by atoms with E-state index in [4.69, 9.17) is 5.73 Å². The van der Waals surface area contributed by atoms with E-state index < -0.39 is 11.8 Å². The molecule has 0 amide bonds. The molecule has 1 rings (SSSR count). The first-order chi connectivity index (χ1) is 7.06. The number of carbonyl (C=O) groups is 1. The van der Waals surface area contributed by atoms with Gasteiger partial charge in [-0.2, -0.15) is 0 Å². The fourth-order valence-corrected chi connectivity index (χ4v) is 1.36. The maximum Gasteiger partial charge on any atom is 0.353 e. The van der Waals surface area contributed by atoms with Crippen LogP contribution in [0.15, 0.2) is 28.4 Å².